The van der Waals surface area contributed by atoms with Crippen molar-refractivity contribution in [2.24, 2.45) is 13.0 Å². The molecular formula is C27H36N4O3. The van der Waals surface area contributed by atoms with Crippen LogP contribution in [0.3, 0.4) is 0 Å². The van der Waals surface area contributed by atoms with Crippen LogP contribution in [0.1, 0.15) is 85.5 Å². The van der Waals surface area contributed by atoms with E-state index in [2.05, 4.69) is 28.0 Å². The number of nitrogens with one attached hydrogen (secondary N) is 1. The molecule has 1 aromatic heterocycles. The Kier molecular flexibility index (Phi) is 6.73. The lowest BCUT2D eigenvalue weighted by Gasteiger charge is -2.49. The summed E-state index contributed by atoms with van der Waals surface area (Å²) >= 11 is 0. The second-order valence-electron chi connectivity index (χ2n) is 10.3. The first kappa shape index (κ1) is 23.1. The van der Waals surface area contributed by atoms with Gasteiger partial charge in [-0.15, -0.1) is 0 Å². The van der Waals surface area contributed by atoms with Crippen molar-refractivity contribution in [3.63, 3.8) is 0 Å². The molecule has 4 atom stereocenters. The van der Waals surface area contributed by atoms with E-state index < -0.39 is 6.09 Å². The van der Waals surface area contributed by atoms with E-state index >= 15 is 0 Å². The highest BCUT2D eigenvalue weighted by atomic mass is 16.5. The number of carbonyl (C=O) groups excluding carboxylic acids is 2. The molecule has 7 nitrogen and oxygen atoms in total. The number of ketones is 1. The molecule has 1 saturated carbocycles. The molecule has 1 amide bonds. The molecule has 182 valence electrons. The van der Waals surface area contributed by atoms with E-state index in [-0.39, 0.29) is 11.8 Å². The summed E-state index contributed by atoms with van der Waals surface area (Å²) in [7, 11) is 2.10. The number of aromatic nitrogens is 2. The summed E-state index contributed by atoms with van der Waals surface area (Å²) in [5.74, 6) is 1.75. The Morgan fingerprint density at radius 3 is 2.56 bits per heavy atom. The van der Waals surface area contributed by atoms with Crippen LogP contribution in [0.5, 0.6) is 0 Å². The zero-order chi connectivity index (χ0) is 23.7. The van der Waals surface area contributed by atoms with Gasteiger partial charge in [0.05, 0.1) is 5.69 Å². The number of Topliss-reactive ketones (excluding diaryl/α,β-unsaturated/α-hetero) is 1. The smallest absolute Gasteiger partial charge is 0.411 e. The Morgan fingerprint density at radius 1 is 1.12 bits per heavy atom. The van der Waals surface area contributed by atoms with E-state index in [1.165, 1.54) is 56.8 Å². The standard InChI is InChI=1S/C27H36N4O3/c1-18(32)19-8-10-22(11-9-19)28-27(33)34-17-23-14-21-12-13-31(23)16-24(21)26-15-25(29-30(26)2)20-6-4-3-5-7-20/h8-11,15,20-21,23-24H,3-7,12-14,16-17H2,1-2H3,(H,28,33)/t21-,23+,24-/m0/s1. The van der Waals surface area contributed by atoms with Crippen LogP contribution in [0.2, 0.25) is 0 Å². The number of hydrogen-bond acceptors (Lipinski definition) is 5. The monoisotopic (exact) mass is 464 g/mol. The molecule has 0 radical (unpaired) electrons. The highest BCUT2D eigenvalue weighted by Gasteiger charge is 2.42. The molecule has 3 aliphatic heterocycles. The fraction of sp³-hybridized carbons (Fsp3) is 0.593. The quantitative estimate of drug-likeness (QED) is 0.602. The third-order valence-electron chi connectivity index (χ3n) is 8.16. The van der Waals surface area contributed by atoms with Gasteiger partial charge in [0.15, 0.2) is 5.78 Å². The van der Waals surface area contributed by atoms with Crippen molar-refractivity contribution < 1.29 is 14.3 Å². The molecule has 2 bridgehead atoms. The maximum atomic E-state index is 12.3. The highest BCUT2D eigenvalue weighted by Crippen LogP contribution is 2.43. The third kappa shape index (κ3) is 4.90. The molecule has 3 saturated heterocycles. The van der Waals surface area contributed by atoms with Gasteiger partial charge in [-0.05, 0) is 75.4 Å². The highest BCUT2D eigenvalue weighted by molar-refractivity contribution is 5.94. The topological polar surface area (TPSA) is 76.5 Å². The van der Waals surface area contributed by atoms with E-state index in [0.29, 0.717) is 35.6 Å². The van der Waals surface area contributed by atoms with Gasteiger partial charge in [0.1, 0.15) is 6.61 Å². The number of amides is 1. The van der Waals surface area contributed by atoms with E-state index in [0.717, 1.165) is 19.5 Å². The lowest BCUT2D eigenvalue weighted by molar-refractivity contribution is -0.00222. The Hall–Kier alpha value is -2.67. The summed E-state index contributed by atoms with van der Waals surface area (Å²) in [5, 5.41) is 7.69. The first-order chi connectivity index (χ1) is 16.5. The molecule has 4 heterocycles. The molecule has 2 aromatic rings. The zero-order valence-corrected chi connectivity index (χ0v) is 20.3. The largest absolute Gasteiger partial charge is 0.448 e. The summed E-state index contributed by atoms with van der Waals surface area (Å²) < 4.78 is 7.72. The lowest BCUT2D eigenvalue weighted by atomic mass is 9.74. The molecule has 1 aliphatic carbocycles. The fourth-order valence-electron chi connectivity index (χ4n) is 6.21. The van der Waals surface area contributed by atoms with Crippen LogP contribution >= 0.6 is 0 Å². The number of piperidine rings is 3. The fourth-order valence-corrected chi connectivity index (χ4v) is 6.21. The SMILES string of the molecule is CC(=O)c1ccc(NC(=O)OC[C@H]2C[C@@H]3CCN2C[C@@H]3c2cc(C3CCCCC3)nn2C)cc1. The third-order valence-corrected chi connectivity index (χ3v) is 8.16. The summed E-state index contributed by atoms with van der Waals surface area (Å²) in [5.41, 5.74) is 3.92. The second kappa shape index (κ2) is 9.90. The second-order valence-corrected chi connectivity index (χ2v) is 10.3. The van der Waals surface area contributed by atoms with Gasteiger partial charge in [0, 0.05) is 48.4 Å². The number of hydrogen-bond donors (Lipinski definition) is 1. The van der Waals surface area contributed by atoms with Gasteiger partial charge in [0.2, 0.25) is 0 Å². The van der Waals surface area contributed by atoms with Gasteiger partial charge >= 0.3 is 6.09 Å². The Balaban J connectivity index is 1.15. The van der Waals surface area contributed by atoms with Crippen molar-refractivity contribution in [3.05, 3.63) is 47.3 Å². The number of nitrogens with zero attached hydrogens (tertiary/aromatic N) is 3. The molecule has 1 aromatic carbocycles. The van der Waals surface area contributed by atoms with E-state index in [4.69, 9.17) is 9.84 Å². The van der Waals surface area contributed by atoms with Gasteiger partial charge in [-0.1, -0.05) is 19.3 Å². The van der Waals surface area contributed by atoms with E-state index in [9.17, 15) is 9.59 Å². The average Bonchev–Trinajstić information content (AvgIpc) is 3.25. The number of aryl methyl sites for hydroxylation is 1. The number of rotatable bonds is 6. The van der Waals surface area contributed by atoms with Crippen molar-refractivity contribution in [2.75, 3.05) is 25.0 Å². The minimum Gasteiger partial charge on any atom is -0.448 e. The number of ether oxygens (including phenoxy) is 1. The molecule has 7 heteroatoms. The predicted molar refractivity (Wildman–Crippen MR) is 131 cm³/mol. The molecule has 1 unspecified atom stereocenters. The van der Waals surface area contributed by atoms with Gasteiger partial charge in [0.25, 0.3) is 0 Å². The summed E-state index contributed by atoms with van der Waals surface area (Å²) in [4.78, 5) is 26.2. The predicted octanol–water partition coefficient (Wildman–Crippen LogP) is 5.10. The van der Waals surface area contributed by atoms with Crippen molar-refractivity contribution in [1.82, 2.24) is 14.7 Å². The number of carbonyl (C=O) groups is 2. The van der Waals surface area contributed by atoms with Crippen LogP contribution in [-0.4, -0.2) is 52.3 Å². The maximum absolute atomic E-state index is 12.3. The lowest BCUT2D eigenvalue weighted by Crippen LogP contribution is -2.54. The van der Waals surface area contributed by atoms with Crippen LogP contribution in [-0.2, 0) is 11.8 Å². The summed E-state index contributed by atoms with van der Waals surface area (Å²) in [6, 6.07) is 9.53. The summed E-state index contributed by atoms with van der Waals surface area (Å²) in [6.45, 7) is 4.00. The first-order valence-corrected chi connectivity index (χ1v) is 12.8. The van der Waals surface area contributed by atoms with Gasteiger partial charge < -0.3 is 4.74 Å². The van der Waals surface area contributed by atoms with Crippen molar-refractivity contribution in [2.45, 2.75) is 69.7 Å². The van der Waals surface area contributed by atoms with Gasteiger partial charge in [-0.25, -0.2) is 4.79 Å². The minimum atomic E-state index is -0.446. The Labute approximate surface area is 201 Å². The number of fused-ring (bicyclic) bond motifs is 3. The van der Waals surface area contributed by atoms with Gasteiger partial charge in [-0.3, -0.25) is 19.7 Å². The minimum absolute atomic E-state index is 0.00478. The number of anilines is 1. The molecule has 1 N–H and O–H groups in total. The van der Waals surface area contributed by atoms with E-state index in [1.807, 2.05) is 0 Å². The summed E-state index contributed by atoms with van der Waals surface area (Å²) in [6.07, 6.45) is 8.37. The first-order valence-electron chi connectivity index (χ1n) is 12.8. The zero-order valence-electron chi connectivity index (χ0n) is 20.3. The molecule has 0 spiro atoms. The number of benzene rings is 1. The van der Waals surface area contributed by atoms with Crippen LogP contribution in [0.15, 0.2) is 30.3 Å². The Bertz CT molecular complexity index is 1020. The molecule has 34 heavy (non-hydrogen) atoms. The van der Waals surface area contributed by atoms with E-state index in [1.54, 1.807) is 24.3 Å². The molecular weight excluding hydrogens is 428 g/mol. The molecule has 6 rings (SSSR count). The van der Waals surface area contributed by atoms with Gasteiger partial charge in [-0.2, -0.15) is 5.10 Å². The van der Waals surface area contributed by atoms with Crippen LogP contribution in [0.25, 0.3) is 0 Å². The molecule has 4 fully saturated rings. The Morgan fingerprint density at radius 2 is 1.88 bits per heavy atom. The van der Waals surface area contributed by atoms with Crippen molar-refractivity contribution in [3.8, 4) is 0 Å². The van der Waals surface area contributed by atoms with Crippen molar-refractivity contribution >= 4 is 17.6 Å². The van der Waals surface area contributed by atoms with Crippen LogP contribution in [0.4, 0.5) is 10.5 Å². The van der Waals surface area contributed by atoms with Crippen LogP contribution in [0, 0.1) is 5.92 Å². The normalized spacial score (nSPS) is 26.9. The van der Waals surface area contributed by atoms with Crippen LogP contribution < -0.4 is 5.32 Å². The molecule has 4 aliphatic rings. The van der Waals surface area contributed by atoms with Crippen molar-refractivity contribution in [1.29, 1.82) is 0 Å². The average molecular weight is 465 g/mol. The maximum Gasteiger partial charge on any atom is 0.411 e.